The smallest absolute Gasteiger partial charge is 0.236 e. The molecule has 1 aromatic heterocycles. The molecular weight excluding hydrogens is 500 g/mol. The first-order valence-corrected chi connectivity index (χ1v) is 13.7. The van der Waals surface area contributed by atoms with E-state index in [9.17, 15) is 4.79 Å². The number of hydrogen-bond donors (Lipinski definition) is 0. The molecule has 3 aromatic rings. The molecule has 38 heavy (non-hydrogen) atoms. The van der Waals surface area contributed by atoms with Crippen LogP contribution in [-0.4, -0.2) is 77.3 Å². The fourth-order valence-electron chi connectivity index (χ4n) is 5.86. The summed E-state index contributed by atoms with van der Waals surface area (Å²) in [6.45, 7) is 5.38. The number of nitrogens with zero attached hydrogens (tertiary/aromatic N) is 4. The van der Waals surface area contributed by atoms with Crippen LogP contribution in [0.15, 0.2) is 84.9 Å². The van der Waals surface area contributed by atoms with Gasteiger partial charge in [-0.15, -0.1) is 0 Å². The predicted octanol–water partition coefficient (Wildman–Crippen LogP) is 4.15. The summed E-state index contributed by atoms with van der Waals surface area (Å²) in [4.78, 5) is 20.3. The lowest BCUT2D eigenvalue weighted by Gasteiger charge is -2.41. The van der Waals surface area contributed by atoms with Crippen LogP contribution >= 0.6 is 11.6 Å². The van der Waals surface area contributed by atoms with Gasteiger partial charge in [0, 0.05) is 56.2 Å². The Hall–Kier alpha value is -3.26. The summed E-state index contributed by atoms with van der Waals surface area (Å²) in [5, 5.41) is 0.719. The highest BCUT2D eigenvalue weighted by atomic mass is 35.5. The maximum atomic E-state index is 13.6. The third kappa shape index (κ3) is 5.32. The van der Waals surface area contributed by atoms with Gasteiger partial charge in [-0.25, -0.2) is 0 Å². The molecule has 4 heterocycles. The van der Waals surface area contributed by atoms with Gasteiger partial charge < -0.3 is 18.9 Å². The molecule has 2 unspecified atom stereocenters. The number of amides is 1. The average molecular weight is 533 g/mol. The average Bonchev–Trinajstić information content (AvgIpc) is 3.66. The number of ether oxygens (including phenoxy) is 2. The van der Waals surface area contributed by atoms with Crippen LogP contribution in [0.2, 0.25) is 5.02 Å². The number of halogens is 1. The number of hydrogen-bond acceptors (Lipinski definition) is 5. The second-order valence-electron chi connectivity index (χ2n) is 10.1. The van der Waals surface area contributed by atoms with Crippen molar-refractivity contribution in [3.63, 3.8) is 0 Å². The lowest BCUT2D eigenvalue weighted by molar-refractivity contribution is -0.135. The van der Waals surface area contributed by atoms with E-state index in [4.69, 9.17) is 21.1 Å². The van der Waals surface area contributed by atoms with Gasteiger partial charge in [-0.05, 0) is 41.8 Å². The molecule has 2 atom stereocenters. The van der Waals surface area contributed by atoms with Crippen molar-refractivity contribution in [2.75, 3.05) is 46.1 Å². The first-order valence-electron chi connectivity index (χ1n) is 13.3. The monoisotopic (exact) mass is 532 g/mol. The fourth-order valence-corrected chi connectivity index (χ4v) is 5.99. The molecule has 1 fully saturated rings. The molecule has 1 saturated heterocycles. The molecule has 0 N–H and O–H groups in total. The Bertz CT molecular complexity index is 1270. The quantitative estimate of drug-likeness (QED) is 0.457. The number of carbonyl (C=O) groups excluding carboxylic acids is 1. The maximum Gasteiger partial charge on any atom is 0.236 e. The number of benzene rings is 2. The second-order valence-corrected chi connectivity index (χ2v) is 10.6. The van der Waals surface area contributed by atoms with Crippen LogP contribution in [0, 0.1) is 0 Å². The zero-order valence-corrected chi connectivity index (χ0v) is 22.2. The summed E-state index contributed by atoms with van der Waals surface area (Å²) >= 11 is 6.17. The predicted molar refractivity (Wildman–Crippen MR) is 147 cm³/mol. The van der Waals surface area contributed by atoms with Crippen LogP contribution in [0.1, 0.15) is 22.9 Å². The number of piperazine rings is 1. The zero-order chi connectivity index (χ0) is 25.9. The van der Waals surface area contributed by atoms with Crippen molar-refractivity contribution in [2.45, 2.75) is 25.0 Å². The number of fused-ring (bicyclic) bond motifs is 1. The Morgan fingerprint density at radius 1 is 0.921 bits per heavy atom. The minimum atomic E-state index is 0.0305. The van der Waals surface area contributed by atoms with E-state index < -0.39 is 0 Å². The standard InChI is InChI=1S/C30H33ClN4O3/c31-25-10-8-24(9-11-25)30-26-7-4-12-32(26)15-18-35(30)20-29(36)34-16-13-33(14-17-34)27(28-21-37-22-38-28)19-23-5-2-1-3-6-23/h1-12,21,27,30H,13-20,22H2. The topological polar surface area (TPSA) is 50.2 Å². The molecule has 2 aromatic carbocycles. The van der Waals surface area contributed by atoms with Gasteiger partial charge in [0.2, 0.25) is 12.7 Å². The summed E-state index contributed by atoms with van der Waals surface area (Å²) in [5.74, 6) is 1.05. The highest BCUT2D eigenvalue weighted by Crippen LogP contribution is 2.33. The van der Waals surface area contributed by atoms with E-state index in [1.165, 1.54) is 11.3 Å². The third-order valence-corrected chi connectivity index (χ3v) is 8.12. The minimum Gasteiger partial charge on any atom is -0.462 e. The van der Waals surface area contributed by atoms with Gasteiger partial charge in [0.25, 0.3) is 0 Å². The first-order chi connectivity index (χ1) is 18.7. The fraction of sp³-hybridized carbons (Fsp3) is 0.367. The summed E-state index contributed by atoms with van der Waals surface area (Å²) in [5.41, 5.74) is 3.63. The Kier molecular flexibility index (Phi) is 7.40. The molecule has 0 radical (unpaired) electrons. The molecule has 1 amide bonds. The van der Waals surface area contributed by atoms with Crippen LogP contribution in [-0.2, 0) is 27.2 Å². The summed E-state index contributed by atoms with van der Waals surface area (Å²) < 4.78 is 13.5. The van der Waals surface area contributed by atoms with Crippen molar-refractivity contribution in [2.24, 2.45) is 0 Å². The van der Waals surface area contributed by atoms with E-state index in [1.807, 2.05) is 23.1 Å². The third-order valence-electron chi connectivity index (χ3n) is 7.86. The number of carbonyl (C=O) groups is 1. The molecular formula is C30H33ClN4O3. The Labute approximate surface area is 228 Å². The van der Waals surface area contributed by atoms with Crippen LogP contribution in [0.25, 0.3) is 0 Å². The van der Waals surface area contributed by atoms with Crippen LogP contribution < -0.4 is 0 Å². The Balaban J connectivity index is 1.12. The van der Waals surface area contributed by atoms with Gasteiger partial charge in [0.05, 0.1) is 18.6 Å². The highest BCUT2D eigenvalue weighted by Gasteiger charge is 2.34. The van der Waals surface area contributed by atoms with Crippen LogP contribution in [0.4, 0.5) is 0 Å². The lowest BCUT2D eigenvalue weighted by atomic mass is 10.00. The Morgan fingerprint density at radius 3 is 2.45 bits per heavy atom. The van der Waals surface area contributed by atoms with E-state index in [1.54, 1.807) is 6.26 Å². The molecule has 0 aliphatic carbocycles. The number of rotatable bonds is 7. The molecule has 0 saturated carbocycles. The minimum absolute atomic E-state index is 0.0305. The first kappa shape index (κ1) is 25.0. The van der Waals surface area contributed by atoms with E-state index in [0.29, 0.717) is 19.6 Å². The van der Waals surface area contributed by atoms with E-state index >= 15 is 0 Å². The van der Waals surface area contributed by atoms with Crippen molar-refractivity contribution in [3.8, 4) is 0 Å². The second kappa shape index (κ2) is 11.2. The molecule has 8 heteroatoms. The van der Waals surface area contributed by atoms with Crippen molar-refractivity contribution < 1.29 is 14.3 Å². The maximum absolute atomic E-state index is 13.6. The van der Waals surface area contributed by atoms with E-state index in [-0.39, 0.29) is 24.8 Å². The molecule has 3 aliphatic rings. The van der Waals surface area contributed by atoms with E-state index in [2.05, 4.69) is 69.1 Å². The molecule has 6 rings (SSSR count). The molecule has 198 valence electrons. The van der Waals surface area contributed by atoms with Gasteiger partial charge in [-0.1, -0.05) is 54.1 Å². The molecule has 3 aliphatic heterocycles. The Morgan fingerprint density at radius 2 is 1.71 bits per heavy atom. The SMILES string of the molecule is O=C(CN1CCn2cccc2C1c1ccc(Cl)cc1)N1CCN(C(Cc2ccccc2)C2=COCO2)CC1. The van der Waals surface area contributed by atoms with Crippen molar-refractivity contribution in [1.82, 2.24) is 19.3 Å². The van der Waals surface area contributed by atoms with Gasteiger partial charge in [0.1, 0.15) is 6.26 Å². The van der Waals surface area contributed by atoms with Crippen molar-refractivity contribution in [1.29, 1.82) is 0 Å². The summed E-state index contributed by atoms with van der Waals surface area (Å²) in [6.07, 6.45) is 4.71. The van der Waals surface area contributed by atoms with Crippen molar-refractivity contribution in [3.05, 3.63) is 107 Å². The molecule has 0 bridgehead atoms. The molecule has 0 spiro atoms. The van der Waals surface area contributed by atoms with Gasteiger partial charge in [0.15, 0.2) is 5.76 Å². The van der Waals surface area contributed by atoms with Gasteiger partial charge in [-0.2, -0.15) is 0 Å². The number of aromatic nitrogens is 1. The van der Waals surface area contributed by atoms with Gasteiger partial charge in [-0.3, -0.25) is 14.6 Å². The van der Waals surface area contributed by atoms with Crippen molar-refractivity contribution >= 4 is 17.5 Å². The van der Waals surface area contributed by atoms with Gasteiger partial charge >= 0.3 is 0 Å². The normalized spacial score (nSPS) is 20.8. The molecule has 7 nitrogen and oxygen atoms in total. The summed E-state index contributed by atoms with van der Waals surface area (Å²) in [6, 6.07) is 22.8. The highest BCUT2D eigenvalue weighted by molar-refractivity contribution is 6.30. The van der Waals surface area contributed by atoms with E-state index in [0.717, 1.165) is 48.9 Å². The largest absolute Gasteiger partial charge is 0.462 e. The van der Waals surface area contributed by atoms with Crippen LogP contribution in [0.5, 0.6) is 0 Å². The summed E-state index contributed by atoms with van der Waals surface area (Å²) in [7, 11) is 0. The lowest BCUT2D eigenvalue weighted by Crippen LogP contribution is -2.55. The van der Waals surface area contributed by atoms with Crippen LogP contribution in [0.3, 0.4) is 0 Å². The zero-order valence-electron chi connectivity index (χ0n) is 21.4.